The lowest BCUT2D eigenvalue weighted by molar-refractivity contribution is 0.475. The Kier molecular flexibility index (Phi) is 4.21. The highest BCUT2D eigenvalue weighted by atomic mass is 16.4. The van der Waals surface area contributed by atoms with Gasteiger partial charge in [-0.15, -0.1) is 10.2 Å². The van der Waals surface area contributed by atoms with Crippen molar-refractivity contribution in [3.05, 3.63) is 90.6 Å². The van der Waals surface area contributed by atoms with E-state index in [0.29, 0.717) is 17.3 Å². The quantitative estimate of drug-likeness (QED) is 0.406. The second kappa shape index (κ2) is 7.04. The van der Waals surface area contributed by atoms with Crippen LogP contribution in [0, 0.1) is 6.92 Å². The molecule has 0 unspecified atom stereocenters. The summed E-state index contributed by atoms with van der Waals surface area (Å²) < 4.78 is 8.08. The number of phenolic OH excluding ortho intramolecular Hbond substituents is 1. The van der Waals surface area contributed by atoms with E-state index >= 15 is 0 Å². The molecule has 3 aromatic carbocycles. The molecule has 2 aromatic heterocycles. The van der Waals surface area contributed by atoms with Gasteiger partial charge in [-0.2, -0.15) is 0 Å². The smallest absolute Gasteiger partial charge is 0.248 e. The molecule has 0 aliphatic rings. The molecular weight excluding hydrogens is 374 g/mol. The molecule has 2 heterocycles. The van der Waals surface area contributed by atoms with E-state index < -0.39 is 0 Å². The van der Waals surface area contributed by atoms with Gasteiger partial charge in [-0.05, 0) is 61.0 Å². The fraction of sp³-hybridized carbons (Fsp3) is 0.0400. The average Bonchev–Trinajstić information content (AvgIpc) is 3.37. The van der Waals surface area contributed by atoms with Crippen molar-refractivity contribution in [2.45, 2.75) is 6.92 Å². The van der Waals surface area contributed by atoms with Crippen LogP contribution in [-0.4, -0.2) is 19.9 Å². The molecule has 0 bridgehead atoms. The van der Waals surface area contributed by atoms with Gasteiger partial charge in [0.05, 0.1) is 5.52 Å². The van der Waals surface area contributed by atoms with Gasteiger partial charge >= 0.3 is 0 Å². The summed E-state index contributed by atoms with van der Waals surface area (Å²) in [5, 5.41) is 19.2. The van der Waals surface area contributed by atoms with E-state index in [0.717, 1.165) is 22.5 Å². The fourth-order valence-corrected chi connectivity index (χ4v) is 3.82. The number of nitrogens with zero attached hydrogens (tertiary/aromatic N) is 3. The van der Waals surface area contributed by atoms with Crippen LogP contribution in [0.1, 0.15) is 11.3 Å². The number of fused-ring (bicyclic) bond motifs is 1. The molecule has 0 radical (unpaired) electrons. The molecule has 146 valence electrons. The zero-order valence-electron chi connectivity index (χ0n) is 16.4. The van der Waals surface area contributed by atoms with Gasteiger partial charge in [0.25, 0.3) is 0 Å². The minimum absolute atomic E-state index is 0.154. The maximum absolute atomic E-state index is 9.70. The highest BCUT2D eigenvalue weighted by molar-refractivity contribution is 5.89. The predicted octanol–water partition coefficient (Wildman–Crippen LogP) is 6.00. The molecule has 0 saturated carbocycles. The largest absolute Gasteiger partial charge is 0.508 e. The Morgan fingerprint density at radius 1 is 0.900 bits per heavy atom. The molecule has 5 aromatic rings. The molecule has 0 spiro atoms. The molecule has 0 saturated heterocycles. The number of phenols is 1. The summed E-state index contributed by atoms with van der Waals surface area (Å²) >= 11 is 0. The van der Waals surface area contributed by atoms with Gasteiger partial charge in [0, 0.05) is 27.9 Å². The maximum atomic E-state index is 9.70. The van der Waals surface area contributed by atoms with Gasteiger partial charge in [0.2, 0.25) is 11.8 Å². The van der Waals surface area contributed by atoms with Crippen LogP contribution in [-0.2, 0) is 0 Å². The summed E-state index contributed by atoms with van der Waals surface area (Å²) in [5.74, 6) is 0.935. The topological polar surface area (TPSA) is 64.1 Å². The van der Waals surface area contributed by atoms with Gasteiger partial charge in [0.1, 0.15) is 5.75 Å². The predicted molar refractivity (Wildman–Crippen MR) is 118 cm³/mol. The van der Waals surface area contributed by atoms with E-state index in [9.17, 15) is 5.11 Å². The van der Waals surface area contributed by atoms with E-state index in [2.05, 4.69) is 46.5 Å². The summed E-state index contributed by atoms with van der Waals surface area (Å²) in [7, 11) is 0. The molecule has 0 atom stereocenters. The first-order chi connectivity index (χ1) is 14.7. The Morgan fingerprint density at radius 3 is 2.33 bits per heavy atom. The van der Waals surface area contributed by atoms with Gasteiger partial charge in [-0.3, -0.25) is 0 Å². The molecular formula is C25H19N3O2. The number of aromatic hydroxyl groups is 1. The van der Waals surface area contributed by atoms with Crippen LogP contribution >= 0.6 is 0 Å². The molecule has 1 N–H and O–H groups in total. The van der Waals surface area contributed by atoms with Gasteiger partial charge in [-0.25, -0.2) is 0 Å². The maximum Gasteiger partial charge on any atom is 0.248 e. The lowest BCUT2D eigenvalue weighted by Gasteiger charge is -2.10. The Balaban J connectivity index is 1.62. The third-order valence-electron chi connectivity index (χ3n) is 5.24. The van der Waals surface area contributed by atoms with Crippen LogP contribution in [0.2, 0.25) is 0 Å². The molecule has 30 heavy (non-hydrogen) atoms. The molecule has 0 amide bonds. The second-order valence-corrected chi connectivity index (χ2v) is 7.08. The molecule has 0 fully saturated rings. The Labute approximate surface area is 173 Å². The normalized spacial score (nSPS) is 11.1. The van der Waals surface area contributed by atoms with E-state index in [4.69, 9.17) is 4.42 Å². The average molecular weight is 393 g/mol. The van der Waals surface area contributed by atoms with E-state index in [1.54, 1.807) is 18.2 Å². The summed E-state index contributed by atoms with van der Waals surface area (Å²) in [5.41, 5.74) is 5.84. The van der Waals surface area contributed by atoms with Crippen molar-refractivity contribution >= 4 is 17.0 Å². The Hall–Kier alpha value is -4.12. The van der Waals surface area contributed by atoms with Gasteiger partial charge < -0.3 is 14.1 Å². The standard InChI is InChI=1S/C25H19N3O2/c1-3-22-16(2)21-12-4-5-13-23(21)28(22)19-10-6-8-17(14-19)24-26-27-25(30-24)18-9-7-11-20(29)15-18/h3-15,29H,1H2,2H3. The van der Waals surface area contributed by atoms with Crippen molar-refractivity contribution in [1.29, 1.82) is 0 Å². The lowest BCUT2D eigenvalue weighted by atomic mass is 10.1. The Morgan fingerprint density at radius 2 is 1.60 bits per heavy atom. The number of aryl methyl sites for hydroxylation is 1. The Bertz CT molecular complexity index is 1390. The number of benzene rings is 3. The number of aromatic nitrogens is 3. The van der Waals surface area contributed by atoms with Crippen molar-refractivity contribution in [3.63, 3.8) is 0 Å². The lowest BCUT2D eigenvalue weighted by Crippen LogP contribution is -1.97. The summed E-state index contributed by atoms with van der Waals surface area (Å²) in [6.07, 6.45) is 1.88. The van der Waals surface area contributed by atoms with Crippen molar-refractivity contribution in [2.75, 3.05) is 0 Å². The van der Waals surface area contributed by atoms with Crippen LogP contribution in [0.3, 0.4) is 0 Å². The monoisotopic (exact) mass is 393 g/mol. The summed E-state index contributed by atoms with van der Waals surface area (Å²) in [6.45, 7) is 6.13. The minimum Gasteiger partial charge on any atom is -0.508 e. The van der Waals surface area contributed by atoms with Gasteiger partial charge in [-0.1, -0.05) is 36.9 Å². The van der Waals surface area contributed by atoms with E-state index in [1.165, 1.54) is 10.9 Å². The minimum atomic E-state index is 0.154. The van der Waals surface area contributed by atoms with Crippen LogP contribution < -0.4 is 0 Å². The summed E-state index contributed by atoms with van der Waals surface area (Å²) in [6, 6.07) is 23.1. The first-order valence-corrected chi connectivity index (χ1v) is 9.62. The number of para-hydroxylation sites is 1. The second-order valence-electron chi connectivity index (χ2n) is 7.08. The zero-order chi connectivity index (χ0) is 20.7. The SMILES string of the molecule is C=Cc1c(C)c2ccccc2n1-c1cccc(-c2nnc(-c3cccc(O)c3)o2)c1. The highest BCUT2D eigenvalue weighted by Crippen LogP contribution is 2.32. The molecule has 5 rings (SSSR count). The van der Waals surface area contributed by atoms with Crippen LogP contribution in [0.5, 0.6) is 5.75 Å². The highest BCUT2D eigenvalue weighted by Gasteiger charge is 2.15. The van der Waals surface area contributed by atoms with Crippen molar-refractivity contribution < 1.29 is 9.52 Å². The number of hydrogen-bond acceptors (Lipinski definition) is 4. The molecule has 5 heteroatoms. The van der Waals surface area contributed by atoms with Crippen LogP contribution in [0.4, 0.5) is 0 Å². The first kappa shape index (κ1) is 17.9. The third-order valence-corrected chi connectivity index (χ3v) is 5.24. The van der Waals surface area contributed by atoms with Crippen molar-refractivity contribution in [2.24, 2.45) is 0 Å². The van der Waals surface area contributed by atoms with Crippen molar-refractivity contribution in [3.8, 4) is 34.3 Å². The summed E-state index contributed by atoms with van der Waals surface area (Å²) in [4.78, 5) is 0. The van der Waals surface area contributed by atoms with E-state index in [-0.39, 0.29) is 5.75 Å². The van der Waals surface area contributed by atoms with Crippen LogP contribution in [0.15, 0.2) is 83.8 Å². The van der Waals surface area contributed by atoms with Crippen molar-refractivity contribution in [1.82, 2.24) is 14.8 Å². The van der Waals surface area contributed by atoms with Crippen LogP contribution in [0.25, 0.3) is 45.6 Å². The van der Waals surface area contributed by atoms with E-state index in [1.807, 2.05) is 42.5 Å². The van der Waals surface area contributed by atoms with Gasteiger partial charge in [0.15, 0.2) is 0 Å². The number of hydrogen-bond donors (Lipinski definition) is 1. The molecule has 5 nitrogen and oxygen atoms in total. The zero-order valence-corrected chi connectivity index (χ0v) is 16.4. The molecule has 0 aliphatic heterocycles. The fourth-order valence-electron chi connectivity index (χ4n) is 3.82. The first-order valence-electron chi connectivity index (χ1n) is 9.62. The number of rotatable bonds is 4. The molecule has 0 aliphatic carbocycles. The third kappa shape index (κ3) is 2.88.